The topological polar surface area (TPSA) is 38.9 Å². The Morgan fingerprint density at radius 3 is 1.95 bits per heavy atom. The second kappa shape index (κ2) is 5.60. The number of alkyl halides is 6. The number of pyridine rings is 1. The summed E-state index contributed by atoms with van der Waals surface area (Å²) in [5, 5.41) is 0. The Kier molecular flexibility index (Phi) is 4.15. The molecule has 1 heterocycles. The van der Waals surface area contributed by atoms with E-state index in [0.29, 0.717) is 0 Å². The Labute approximate surface area is 121 Å². The fourth-order valence-corrected chi connectivity index (χ4v) is 1.97. The van der Waals surface area contributed by atoms with Crippen molar-refractivity contribution in [3.05, 3.63) is 65.0 Å². The zero-order valence-electron chi connectivity index (χ0n) is 10.9. The van der Waals surface area contributed by atoms with Crippen LogP contribution >= 0.6 is 0 Å². The number of benzene rings is 1. The van der Waals surface area contributed by atoms with E-state index >= 15 is 0 Å². The zero-order valence-corrected chi connectivity index (χ0v) is 10.9. The van der Waals surface area contributed by atoms with Gasteiger partial charge in [0, 0.05) is 18.0 Å². The lowest BCUT2D eigenvalue weighted by atomic mass is 9.96. The summed E-state index contributed by atoms with van der Waals surface area (Å²) in [6.45, 7) is 0. The van der Waals surface area contributed by atoms with Gasteiger partial charge in [0.1, 0.15) is 0 Å². The third-order valence-corrected chi connectivity index (χ3v) is 3.09. The maximum Gasteiger partial charge on any atom is 0.416 e. The quantitative estimate of drug-likeness (QED) is 0.844. The maximum atomic E-state index is 12.9. The van der Waals surface area contributed by atoms with Gasteiger partial charge in [0.15, 0.2) is 0 Å². The molecule has 0 spiro atoms. The summed E-state index contributed by atoms with van der Waals surface area (Å²) in [6, 6.07) is 3.21. The van der Waals surface area contributed by atoms with Gasteiger partial charge in [0.2, 0.25) is 0 Å². The second-order valence-corrected chi connectivity index (χ2v) is 4.56. The number of rotatable bonds is 2. The maximum absolute atomic E-state index is 12.9. The Hall–Kier alpha value is -2.09. The van der Waals surface area contributed by atoms with Crippen LogP contribution in [0.5, 0.6) is 0 Å². The summed E-state index contributed by atoms with van der Waals surface area (Å²) in [4.78, 5) is 3.60. The first-order valence-electron chi connectivity index (χ1n) is 6.04. The van der Waals surface area contributed by atoms with Crippen molar-refractivity contribution in [3.8, 4) is 0 Å². The molecule has 0 aliphatic rings. The van der Waals surface area contributed by atoms with Crippen molar-refractivity contribution < 1.29 is 26.3 Å². The van der Waals surface area contributed by atoms with E-state index in [0.717, 1.165) is 42.7 Å². The first kappa shape index (κ1) is 16.3. The van der Waals surface area contributed by atoms with Crippen LogP contribution in [-0.4, -0.2) is 4.98 Å². The Bertz CT molecular complexity index is 646. The molecule has 1 atom stereocenters. The van der Waals surface area contributed by atoms with E-state index in [2.05, 4.69) is 4.98 Å². The van der Waals surface area contributed by atoms with E-state index in [4.69, 9.17) is 5.73 Å². The molecule has 2 rings (SSSR count). The molecule has 0 amide bonds. The lowest BCUT2D eigenvalue weighted by Crippen LogP contribution is -2.19. The lowest BCUT2D eigenvalue weighted by molar-refractivity contribution is -0.138. The average Bonchev–Trinajstić information content (AvgIpc) is 2.45. The van der Waals surface area contributed by atoms with Crippen molar-refractivity contribution >= 4 is 0 Å². The number of aromatic nitrogens is 1. The Balaban J connectivity index is 2.39. The number of hydrogen-bond donors (Lipinski definition) is 1. The largest absolute Gasteiger partial charge is 0.416 e. The third-order valence-electron chi connectivity index (χ3n) is 3.09. The van der Waals surface area contributed by atoms with Crippen molar-refractivity contribution in [2.75, 3.05) is 0 Å². The second-order valence-electron chi connectivity index (χ2n) is 4.56. The van der Waals surface area contributed by atoms with Gasteiger partial charge in [-0.1, -0.05) is 12.1 Å². The van der Waals surface area contributed by atoms with Crippen LogP contribution in [0.3, 0.4) is 0 Å². The highest BCUT2D eigenvalue weighted by atomic mass is 19.4. The van der Waals surface area contributed by atoms with E-state index in [1.54, 1.807) is 0 Å². The highest BCUT2D eigenvalue weighted by Gasteiger charge is 2.35. The van der Waals surface area contributed by atoms with E-state index < -0.39 is 29.5 Å². The molecule has 1 aromatic heterocycles. The van der Waals surface area contributed by atoms with Gasteiger partial charge in [-0.05, 0) is 23.8 Å². The monoisotopic (exact) mass is 320 g/mol. The highest BCUT2D eigenvalue weighted by molar-refractivity contribution is 5.37. The van der Waals surface area contributed by atoms with Crippen LogP contribution in [0.2, 0.25) is 0 Å². The number of halogens is 6. The predicted octanol–water partition coefficient (Wildman–Crippen LogP) is 4.17. The van der Waals surface area contributed by atoms with E-state index in [-0.39, 0.29) is 11.1 Å². The summed E-state index contributed by atoms with van der Waals surface area (Å²) >= 11 is 0. The SMILES string of the molecule is NC(c1ccc(C(F)(F)F)cc1)c1cnccc1C(F)(F)F. The molecule has 2 aromatic rings. The first-order chi connectivity index (χ1) is 10.1. The van der Waals surface area contributed by atoms with Gasteiger partial charge < -0.3 is 5.73 Å². The molecular weight excluding hydrogens is 310 g/mol. The van der Waals surface area contributed by atoms with Crippen LogP contribution in [0.15, 0.2) is 42.7 Å². The summed E-state index contributed by atoms with van der Waals surface area (Å²) in [7, 11) is 0. The van der Waals surface area contributed by atoms with E-state index in [9.17, 15) is 26.3 Å². The average molecular weight is 320 g/mol. The fourth-order valence-electron chi connectivity index (χ4n) is 1.97. The summed E-state index contributed by atoms with van der Waals surface area (Å²) in [5.74, 6) is 0. The van der Waals surface area contributed by atoms with Crippen molar-refractivity contribution in [2.24, 2.45) is 5.73 Å². The van der Waals surface area contributed by atoms with Gasteiger partial charge >= 0.3 is 12.4 Å². The number of nitrogens with zero attached hydrogens (tertiary/aromatic N) is 1. The minimum absolute atomic E-state index is 0.131. The summed E-state index contributed by atoms with van der Waals surface area (Å²) in [6.07, 6.45) is -7.20. The highest BCUT2D eigenvalue weighted by Crippen LogP contribution is 2.36. The molecule has 22 heavy (non-hydrogen) atoms. The van der Waals surface area contributed by atoms with Crippen molar-refractivity contribution in [1.29, 1.82) is 0 Å². The minimum Gasteiger partial charge on any atom is -0.320 e. The minimum atomic E-state index is -4.62. The molecule has 1 aromatic carbocycles. The molecule has 2 nitrogen and oxygen atoms in total. The van der Waals surface area contributed by atoms with Crippen LogP contribution in [0.25, 0.3) is 0 Å². The van der Waals surface area contributed by atoms with E-state index in [1.807, 2.05) is 0 Å². The normalized spacial score (nSPS) is 14.0. The van der Waals surface area contributed by atoms with E-state index in [1.165, 1.54) is 0 Å². The van der Waals surface area contributed by atoms with Crippen molar-refractivity contribution in [1.82, 2.24) is 4.98 Å². The first-order valence-corrected chi connectivity index (χ1v) is 6.04. The molecule has 0 aliphatic carbocycles. The molecule has 0 bridgehead atoms. The summed E-state index contributed by atoms with van der Waals surface area (Å²) < 4.78 is 76.2. The Morgan fingerprint density at radius 1 is 0.864 bits per heavy atom. The van der Waals surface area contributed by atoms with Gasteiger partial charge in [0.25, 0.3) is 0 Å². The molecular formula is C14H10F6N2. The smallest absolute Gasteiger partial charge is 0.320 e. The fraction of sp³-hybridized carbons (Fsp3) is 0.214. The van der Waals surface area contributed by atoms with Crippen LogP contribution in [0, 0.1) is 0 Å². The molecule has 0 saturated heterocycles. The molecule has 2 N–H and O–H groups in total. The molecule has 0 fully saturated rings. The van der Waals surface area contributed by atoms with Crippen LogP contribution < -0.4 is 5.73 Å². The predicted molar refractivity (Wildman–Crippen MR) is 66.7 cm³/mol. The van der Waals surface area contributed by atoms with Gasteiger partial charge in [-0.25, -0.2) is 0 Å². The van der Waals surface area contributed by atoms with Gasteiger partial charge in [0.05, 0.1) is 17.2 Å². The van der Waals surface area contributed by atoms with Crippen LogP contribution in [-0.2, 0) is 12.4 Å². The lowest BCUT2D eigenvalue weighted by Gasteiger charge is -2.18. The van der Waals surface area contributed by atoms with Gasteiger partial charge in [-0.3, -0.25) is 4.98 Å². The molecule has 1 unspecified atom stereocenters. The standard InChI is InChI=1S/C14H10F6N2/c15-13(16,17)9-3-1-8(2-4-9)12(21)10-7-22-6-5-11(10)14(18,19)20/h1-7,12H,21H2. The third kappa shape index (κ3) is 3.38. The summed E-state index contributed by atoms with van der Waals surface area (Å²) in [5.41, 5.74) is 3.73. The molecule has 0 radical (unpaired) electrons. The van der Waals surface area contributed by atoms with Gasteiger partial charge in [-0.2, -0.15) is 26.3 Å². The number of nitrogens with two attached hydrogens (primary N) is 1. The molecule has 8 heteroatoms. The molecule has 0 saturated carbocycles. The van der Waals surface area contributed by atoms with Crippen molar-refractivity contribution in [2.45, 2.75) is 18.4 Å². The molecule has 118 valence electrons. The Morgan fingerprint density at radius 2 is 1.45 bits per heavy atom. The number of hydrogen-bond acceptors (Lipinski definition) is 2. The molecule has 0 aliphatic heterocycles. The van der Waals surface area contributed by atoms with Crippen LogP contribution in [0.4, 0.5) is 26.3 Å². The van der Waals surface area contributed by atoms with Crippen LogP contribution in [0.1, 0.15) is 28.3 Å². The van der Waals surface area contributed by atoms with Crippen molar-refractivity contribution in [3.63, 3.8) is 0 Å². The van der Waals surface area contributed by atoms with Gasteiger partial charge in [-0.15, -0.1) is 0 Å². The zero-order chi connectivity index (χ0) is 16.5.